The van der Waals surface area contributed by atoms with Gasteiger partial charge < -0.3 is 0 Å². The summed E-state index contributed by atoms with van der Waals surface area (Å²) in [5.74, 6) is 0. The van der Waals surface area contributed by atoms with E-state index in [0.29, 0.717) is 0 Å². The molecule has 0 saturated heterocycles. The molecule has 0 aliphatic heterocycles. The van der Waals surface area contributed by atoms with Gasteiger partial charge in [-0.2, -0.15) is 43.2 Å². The Hall–Kier alpha value is -0.202. The average Bonchev–Trinajstić information content (AvgIpc) is 1.88. The minimum atomic E-state index is -11.2. The molecule has 0 aromatic heterocycles. The molecular weight excluding hydrogens is 534 g/mol. The van der Waals surface area contributed by atoms with Crippen molar-refractivity contribution in [2.75, 3.05) is 0 Å². The Morgan fingerprint density at radius 1 is 0.609 bits per heavy atom. The van der Waals surface area contributed by atoms with E-state index in [4.69, 9.17) is 25.9 Å². The van der Waals surface area contributed by atoms with Crippen LogP contribution in [0.2, 0.25) is 0 Å². The van der Waals surface area contributed by atoms with Crippen molar-refractivity contribution in [2.45, 2.75) is 11.0 Å². The maximum absolute atomic E-state index is 11.2. The maximum atomic E-state index is 10.7. The molecule has 0 spiro atoms. The van der Waals surface area contributed by atoms with E-state index in [-0.39, 0.29) is 1.43 Å². The van der Waals surface area contributed by atoms with Gasteiger partial charge in [0.1, 0.15) is 0 Å². The first-order valence-corrected chi connectivity index (χ1v) is 12.3. The molecule has 0 amide bonds. The van der Waals surface area contributed by atoms with Crippen LogP contribution in [0.4, 0.5) is 43.2 Å². The normalized spacial score (nSPS) is 16.8. The van der Waals surface area contributed by atoms with Crippen molar-refractivity contribution in [1.29, 1.82) is 0 Å². The van der Waals surface area contributed by atoms with Gasteiger partial charge in [0, 0.05) is 0 Å². The van der Waals surface area contributed by atoms with Crippen LogP contribution >= 0.6 is 0 Å². The largest absolute Gasteiger partial charge is 1.00 e. The van der Waals surface area contributed by atoms with Gasteiger partial charge in [-0.1, -0.05) is 0 Å². The van der Waals surface area contributed by atoms with Crippen molar-refractivity contribution in [3.63, 3.8) is 0 Å². The van der Waals surface area contributed by atoms with Crippen molar-refractivity contribution in [1.82, 2.24) is 0 Å². The summed E-state index contributed by atoms with van der Waals surface area (Å²) < 4.78 is 175. The molecule has 0 atom stereocenters. The molecule has 2 N–H and O–H groups in total. The summed E-state index contributed by atoms with van der Waals surface area (Å²) in [4.78, 5) is 0. The second-order valence-corrected chi connectivity index (χ2v) is 11.1. The summed E-state index contributed by atoms with van der Waals surface area (Å²) in [6, 6.07) is 0. The number of halogens is 12. The molecular formula is C2H3F12O6S2Sb. The molecule has 148 valence electrons. The fourth-order valence-electron chi connectivity index (χ4n) is 0. The Morgan fingerprint density at radius 3 is 0.652 bits per heavy atom. The average molecular weight is 537 g/mol. The third-order valence-electron chi connectivity index (χ3n) is 0.585. The topological polar surface area (TPSA) is 109 Å². The monoisotopic (exact) mass is 536 g/mol. The van der Waals surface area contributed by atoms with E-state index in [2.05, 4.69) is 0 Å². The van der Waals surface area contributed by atoms with Crippen molar-refractivity contribution in [3.8, 4) is 0 Å². The number of hydrogen-bond donors (Lipinski definition) is 2. The first-order chi connectivity index (χ1) is 8.95. The zero-order valence-electron chi connectivity index (χ0n) is 10.3. The van der Waals surface area contributed by atoms with Crippen LogP contribution in [-0.4, -0.2) is 56.4 Å². The van der Waals surface area contributed by atoms with Crippen LogP contribution in [0.3, 0.4) is 0 Å². The summed E-state index contributed by atoms with van der Waals surface area (Å²) in [5.41, 5.74) is -11.1. The Morgan fingerprint density at radius 2 is 0.652 bits per heavy atom. The molecule has 0 unspecified atom stereocenters. The summed E-state index contributed by atoms with van der Waals surface area (Å²) in [6.07, 6.45) is 0. The molecule has 0 bridgehead atoms. The molecule has 0 fully saturated rings. The van der Waals surface area contributed by atoms with Crippen LogP contribution in [0.1, 0.15) is 1.43 Å². The predicted octanol–water partition coefficient (Wildman–Crippen LogP) is 3.04. The van der Waals surface area contributed by atoms with Crippen molar-refractivity contribution >= 4 is 39.7 Å². The molecule has 6 nitrogen and oxygen atoms in total. The standard InChI is InChI=1S/2CHF3O3S.6FH.Sb/c2*2-1(3,4)8(5,6)7;;;;;;;/h2*(H,5,6,7);6*1H;/q;;;;;;;;+5/p-5. The Labute approximate surface area is 121 Å². The molecule has 0 saturated carbocycles. The Balaban J connectivity index is -0.000000123. The zero-order valence-corrected chi connectivity index (χ0v) is 13.5. The van der Waals surface area contributed by atoms with Gasteiger partial charge in [-0.25, -0.2) is 0 Å². The van der Waals surface area contributed by atoms with Crippen LogP contribution in [0.5, 0.6) is 0 Å². The van der Waals surface area contributed by atoms with Gasteiger partial charge in [-0.05, 0) is 0 Å². The van der Waals surface area contributed by atoms with E-state index in [1.807, 2.05) is 0 Å². The van der Waals surface area contributed by atoms with Crippen LogP contribution in [0, 0.1) is 0 Å². The van der Waals surface area contributed by atoms with Crippen molar-refractivity contribution in [2.24, 2.45) is 0 Å². The van der Waals surface area contributed by atoms with Gasteiger partial charge in [0.25, 0.3) is 0 Å². The Kier molecular flexibility index (Phi) is 7.53. The third-order valence-corrected chi connectivity index (χ3v) is 1.75. The maximum Gasteiger partial charge on any atom is 1.00 e. The quantitative estimate of drug-likeness (QED) is 0.213. The summed E-state index contributed by atoms with van der Waals surface area (Å²) in [7, 11) is -11.7. The molecule has 0 rings (SSSR count). The van der Waals surface area contributed by atoms with E-state index in [1.165, 1.54) is 0 Å². The number of hydrogen-bond acceptors (Lipinski definition) is 4. The van der Waals surface area contributed by atoms with Gasteiger partial charge in [0.15, 0.2) is 0 Å². The molecule has 0 aromatic rings. The van der Waals surface area contributed by atoms with Gasteiger partial charge >= 0.3 is 69.0 Å². The van der Waals surface area contributed by atoms with Crippen LogP contribution < -0.4 is 0 Å². The molecule has 21 heteroatoms. The van der Waals surface area contributed by atoms with Crippen molar-refractivity contribution in [3.05, 3.63) is 0 Å². The minimum Gasteiger partial charge on any atom is 1.00 e. The molecule has 0 radical (unpaired) electrons. The van der Waals surface area contributed by atoms with Gasteiger partial charge in [0.05, 0.1) is 0 Å². The molecule has 23 heavy (non-hydrogen) atoms. The molecule has 0 aliphatic rings. The van der Waals surface area contributed by atoms with E-state index < -0.39 is 50.7 Å². The third kappa shape index (κ3) is 27.0. The van der Waals surface area contributed by atoms with Gasteiger partial charge in [-0.15, -0.1) is 0 Å². The second kappa shape index (κ2) is 6.26. The SMILES string of the molecule is O=S(=O)(O)C(F)(F)F.O=S(=O)(O)C(F)(F)F.[F][Sb-]([F])([F])([F])([F])[F].[H+]. The fourth-order valence-corrected chi connectivity index (χ4v) is 0. The first kappa shape index (κ1) is 27.6. The minimum absolute atomic E-state index is 0. The van der Waals surface area contributed by atoms with E-state index in [0.717, 1.165) is 0 Å². The van der Waals surface area contributed by atoms with Crippen LogP contribution in [0.25, 0.3) is 0 Å². The van der Waals surface area contributed by atoms with Crippen molar-refractivity contribution < 1.29 is 70.6 Å². The second-order valence-electron chi connectivity index (χ2n) is 2.80. The molecule has 0 aromatic carbocycles. The summed E-state index contributed by atoms with van der Waals surface area (Å²) in [5, 5.41) is 0. The van der Waals surface area contributed by atoms with Crippen LogP contribution in [-0.2, 0) is 20.2 Å². The smallest absolute Gasteiger partial charge is 1.00 e. The van der Waals surface area contributed by atoms with Gasteiger partial charge in [-0.3, -0.25) is 9.11 Å². The zero-order chi connectivity index (χ0) is 20.4. The van der Waals surface area contributed by atoms with Crippen LogP contribution in [0.15, 0.2) is 0 Å². The number of alkyl halides is 6. The fraction of sp³-hybridized carbons (Fsp3) is 1.00. The number of rotatable bonds is 0. The predicted molar refractivity (Wildman–Crippen MR) is 48.7 cm³/mol. The summed E-state index contributed by atoms with van der Waals surface area (Å²) in [6.45, 7) is 0. The van der Waals surface area contributed by atoms with E-state index >= 15 is 0 Å². The molecule has 0 heterocycles. The van der Waals surface area contributed by atoms with E-state index in [9.17, 15) is 43.2 Å². The van der Waals surface area contributed by atoms with E-state index in [1.54, 1.807) is 0 Å². The van der Waals surface area contributed by atoms with Gasteiger partial charge in [0.2, 0.25) is 0 Å². The molecule has 0 aliphatic carbocycles. The Bertz CT molecular complexity index is 541. The summed E-state index contributed by atoms with van der Waals surface area (Å²) >= 11 is -11.2. The first-order valence-electron chi connectivity index (χ1n) is 3.59.